The smallest absolute Gasteiger partial charge is 0.251 e. The van der Waals surface area contributed by atoms with E-state index in [-0.39, 0.29) is 11.9 Å². The predicted octanol–water partition coefficient (Wildman–Crippen LogP) is 3.76. The van der Waals surface area contributed by atoms with E-state index in [4.69, 9.17) is 0 Å². The first-order valence-electron chi connectivity index (χ1n) is 7.98. The highest BCUT2D eigenvalue weighted by molar-refractivity contribution is 5.94. The maximum Gasteiger partial charge on any atom is 0.251 e. The maximum absolute atomic E-state index is 12.1. The Morgan fingerprint density at radius 3 is 2.30 bits per heavy atom. The molecule has 0 aliphatic carbocycles. The van der Waals surface area contributed by atoms with Crippen LogP contribution >= 0.6 is 0 Å². The second-order valence-electron chi connectivity index (χ2n) is 5.84. The molecule has 2 rings (SSSR count). The van der Waals surface area contributed by atoms with Crippen LogP contribution in [-0.4, -0.2) is 21.9 Å². The van der Waals surface area contributed by atoms with E-state index in [2.05, 4.69) is 27.5 Å². The van der Waals surface area contributed by atoms with Gasteiger partial charge in [-0.25, -0.2) is 9.97 Å². The number of hydrogen-bond donors (Lipinski definition) is 2. The lowest BCUT2D eigenvalue weighted by molar-refractivity contribution is 0.0938. The molecule has 1 atom stereocenters. The van der Waals surface area contributed by atoms with Gasteiger partial charge in [-0.2, -0.15) is 0 Å². The number of rotatable bonds is 6. The largest absolute Gasteiger partial charge is 0.350 e. The van der Waals surface area contributed by atoms with Gasteiger partial charge in [0, 0.05) is 28.7 Å². The van der Waals surface area contributed by atoms with Gasteiger partial charge in [0.25, 0.3) is 5.91 Å². The maximum atomic E-state index is 12.1. The van der Waals surface area contributed by atoms with Crippen molar-refractivity contribution in [3.05, 3.63) is 47.3 Å². The van der Waals surface area contributed by atoms with Crippen molar-refractivity contribution in [2.75, 3.05) is 5.32 Å². The van der Waals surface area contributed by atoms with E-state index in [0.29, 0.717) is 11.5 Å². The zero-order chi connectivity index (χ0) is 16.8. The minimum atomic E-state index is -0.0415. The summed E-state index contributed by atoms with van der Waals surface area (Å²) in [5, 5.41) is 6.16. The summed E-state index contributed by atoms with van der Waals surface area (Å²) in [5.74, 6) is 0.524. The van der Waals surface area contributed by atoms with Crippen LogP contribution in [0.4, 0.5) is 11.6 Å². The molecule has 5 nitrogen and oxygen atoms in total. The number of amides is 1. The number of aryl methyl sites for hydroxylation is 2. The normalized spacial score (nSPS) is 11.8. The molecule has 23 heavy (non-hydrogen) atoms. The molecule has 0 bridgehead atoms. The summed E-state index contributed by atoms with van der Waals surface area (Å²) >= 11 is 0. The number of hydrogen-bond acceptors (Lipinski definition) is 4. The van der Waals surface area contributed by atoms with E-state index < -0.39 is 0 Å². The van der Waals surface area contributed by atoms with Gasteiger partial charge in [-0.1, -0.05) is 13.3 Å². The van der Waals surface area contributed by atoms with Crippen LogP contribution in [0.5, 0.6) is 0 Å². The van der Waals surface area contributed by atoms with Crippen LogP contribution in [0, 0.1) is 13.8 Å². The molecule has 0 aliphatic heterocycles. The topological polar surface area (TPSA) is 66.9 Å². The number of carbonyl (C=O) groups excluding carboxylic acids is 1. The molecule has 0 aliphatic rings. The standard InChI is InChI=1S/C18H24N4O/c1-5-6-12(2)19-17(23)15-7-9-16(10-8-15)22-18-20-13(3)11-14(4)21-18/h7-12H,5-6H2,1-4H3,(H,19,23)(H,20,21,22). The second-order valence-corrected chi connectivity index (χ2v) is 5.84. The monoisotopic (exact) mass is 312 g/mol. The van der Waals surface area contributed by atoms with Crippen molar-refractivity contribution in [3.63, 3.8) is 0 Å². The number of aromatic nitrogens is 2. The van der Waals surface area contributed by atoms with Crippen molar-refractivity contribution < 1.29 is 4.79 Å². The van der Waals surface area contributed by atoms with Crippen LogP contribution in [0.25, 0.3) is 0 Å². The first-order chi connectivity index (χ1) is 11.0. The quantitative estimate of drug-likeness (QED) is 0.852. The fourth-order valence-electron chi connectivity index (χ4n) is 2.43. The number of benzene rings is 1. The highest BCUT2D eigenvalue weighted by Gasteiger charge is 2.09. The molecule has 2 N–H and O–H groups in total. The van der Waals surface area contributed by atoms with Crippen LogP contribution in [0.15, 0.2) is 30.3 Å². The number of nitrogens with one attached hydrogen (secondary N) is 2. The average molecular weight is 312 g/mol. The molecule has 122 valence electrons. The minimum Gasteiger partial charge on any atom is -0.350 e. The van der Waals surface area contributed by atoms with E-state index >= 15 is 0 Å². The second kappa shape index (κ2) is 7.72. The van der Waals surface area contributed by atoms with Gasteiger partial charge >= 0.3 is 0 Å². The molecule has 0 saturated carbocycles. The van der Waals surface area contributed by atoms with Crippen LogP contribution < -0.4 is 10.6 Å². The van der Waals surface area contributed by atoms with Gasteiger partial charge in [-0.05, 0) is 57.5 Å². The third-order valence-electron chi connectivity index (χ3n) is 3.48. The van der Waals surface area contributed by atoms with Crippen molar-refractivity contribution >= 4 is 17.5 Å². The summed E-state index contributed by atoms with van der Waals surface area (Å²) in [7, 11) is 0. The highest BCUT2D eigenvalue weighted by atomic mass is 16.1. The van der Waals surface area contributed by atoms with Crippen molar-refractivity contribution in [1.82, 2.24) is 15.3 Å². The molecule has 5 heteroatoms. The Labute approximate surface area is 137 Å². The minimum absolute atomic E-state index is 0.0415. The molecule has 1 unspecified atom stereocenters. The number of nitrogens with zero attached hydrogens (tertiary/aromatic N) is 2. The van der Waals surface area contributed by atoms with Gasteiger partial charge in [0.15, 0.2) is 0 Å². The predicted molar refractivity (Wildman–Crippen MR) is 93.1 cm³/mol. The lowest BCUT2D eigenvalue weighted by Gasteiger charge is -2.13. The first kappa shape index (κ1) is 16.9. The van der Waals surface area contributed by atoms with Gasteiger partial charge in [-0.15, -0.1) is 0 Å². The van der Waals surface area contributed by atoms with Gasteiger partial charge in [0.05, 0.1) is 0 Å². The molecule has 1 heterocycles. The van der Waals surface area contributed by atoms with E-state index in [0.717, 1.165) is 29.9 Å². The molecular weight excluding hydrogens is 288 g/mol. The van der Waals surface area contributed by atoms with Crippen LogP contribution in [0.2, 0.25) is 0 Å². The van der Waals surface area contributed by atoms with Gasteiger partial charge in [0.2, 0.25) is 5.95 Å². The van der Waals surface area contributed by atoms with Crippen LogP contribution in [0.3, 0.4) is 0 Å². The van der Waals surface area contributed by atoms with Crippen molar-refractivity contribution in [2.24, 2.45) is 0 Å². The fourth-order valence-corrected chi connectivity index (χ4v) is 2.43. The van der Waals surface area contributed by atoms with Crippen molar-refractivity contribution in [2.45, 2.75) is 46.6 Å². The summed E-state index contributed by atoms with van der Waals surface area (Å²) in [6.45, 7) is 8.00. The third-order valence-corrected chi connectivity index (χ3v) is 3.48. The summed E-state index contributed by atoms with van der Waals surface area (Å²) in [4.78, 5) is 20.8. The molecule has 0 radical (unpaired) electrons. The Bertz CT molecular complexity index is 647. The summed E-state index contributed by atoms with van der Waals surface area (Å²) < 4.78 is 0. The molecule has 0 spiro atoms. The Balaban J connectivity index is 2.03. The molecular formula is C18H24N4O. The van der Waals surface area contributed by atoms with Crippen LogP contribution in [0.1, 0.15) is 48.4 Å². The lowest BCUT2D eigenvalue weighted by atomic mass is 10.1. The summed E-state index contributed by atoms with van der Waals surface area (Å²) in [5.41, 5.74) is 3.34. The zero-order valence-electron chi connectivity index (χ0n) is 14.2. The molecule has 2 aromatic rings. The Hall–Kier alpha value is -2.43. The molecule has 1 aromatic heterocycles. The summed E-state index contributed by atoms with van der Waals surface area (Å²) in [6, 6.07) is 9.45. The van der Waals surface area contributed by atoms with Gasteiger partial charge < -0.3 is 10.6 Å². The van der Waals surface area contributed by atoms with Crippen LogP contribution in [-0.2, 0) is 0 Å². The van der Waals surface area contributed by atoms with E-state index in [1.165, 1.54) is 0 Å². The third kappa shape index (κ3) is 5.06. The molecule has 0 saturated heterocycles. The first-order valence-corrected chi connectivity index (χ1v) is 7.98. The Morgan fingerprint density at radius 1 is 1.13 bits per heavy atom. The molecule has 0 fully saturated rings. The summed E-state index contributed by atoms with van der Waals surface area (Å²) in [6.07, 6.45) is 2.04. The Kier molecular flexibility index (Phi) is 5.68. The van der Waals surface area contributed by atoms with E-state index in [9.17, 15) is 4.79 Å². The SMILES string of the molecule is CCCC(C)NC(=O)c1ccc(Nc2nc(C)cc(C)n2)cc1. The number of anilines is 2. The highest BCUT2D eigenvalue weighted by Crippen LogP contribution is 2.15. The lowest BCUT2D eigenvalue weighted by Crippen LogP contribution is -2.32. The molecule has 1 aromatic carbocycles. The molecule has 1 amide bonds. The van der Waals surface area contributed by atoms with E-state index in [1.54, 1.807) is 12.1 Å². The zero-order valence-corrected chi connectivity index (χ0v) is 14.2. The van der Waals surface area contributed by atoms with Gasteiger partial charge in [-0.3, -0.25) is 4.79 Å². The average Bonchev–Trinajstić information content (AvgIpc) is 2.47. The number of carbonyl (C=O) groups is 1. The Morgan fingerprint density at radius 2 is 1.74 bits per heavy atom. The fraction of sp³-hybridized carbons (Fsp3) is 0.389. The van der Waals surface area contributed by atoms with Crippen molar-refractivity contribution in [3.8, 4) is 0 Å². The van der Waals surface area contributed by atoms with E-state index in [1.807, 2.05) is 39.0 Å². The van der Waals surface area contributed by atoms with Gasteiger partial charge in [0.1, 0.15) is 0 Å². The van der Waals surface area contributed by atoms with Crippen molar-refractivity contribution in [1.29, 1.82) is 0 Å².